The molecule has 0 saturated heterocycles. The lowest BCUT2D eigenvalue weighted by atomic mass is 9.90. The van der Waals surface area contributed by atoms with Crippen LogP contribution in [-0.2, 0) is 4.79 Å². The van der Waals surface area contributed by atoms with Gasteiger partial charge in [-0.2, -0.15) is 0 Å². The van der Waals surface area contributed by atoms with Crippen LogP contribution in [0.2, 0.25) is 0 Å². The van der Waals surface area contributed by atoms with Crippen LogP contribution in [0.4, 0.5) is 0 Å². The van der Waals surface area contributed by atoms with Crippen LogP contribution in [0.5, 0.6) is 5.75 Å². The second kappa shape index (κ2) is 5.33. The minimum absolute atomic E-state index is 0.0421. The van der Waals surface area contributed by atoms with Gasteiger partial charge in [0.05, 0.1) is 6.61 Å². The summed E-state index contributed by atoms with van der Waals surface area (Å²) in [6.07, 6.45) is 5.62. The summed E-state index contributed by atoms with van der Waals surface area (Å²) in [5.74, 6) is 0.897. The first-order chi connectivity index (χ1) is 8.87. The maximum Gasteiger partial charge on any atom is 0.152 e. The van der Waals surface area contributed by atoms with Crippen LogP contribution < -0.4 is 4.74 Å². The van der Waals surface area contributed by atoms with E-state index in [4.69, 9.17) is 4.74 Å². The quantitative estimate of drug-likeness (QED) is 0.755. The molecule has 0 spiro atoms. The molecule has 19 heavy (non-hydrogen) atoms. The third-order valence-corrected chi connectivity index (χ3v) is 3.39. The topological polar surface area (TPSA) is 26.3 Å². The standard InChI is InChI=1S/C16H17BrO2/c1-11(18)4-5-12-9-16(2,3)10-19-15-7-6-13(17)8-14(12)15/h4-9H,10H2,1-3H3. The molecular weight excluding hydrogens is 304 g/mol. The van der Waals surface area contributed by atoms with Crippen molar-refractivity contribution in [2.24, 2.45) is 5.41 Å². The van der Waals surface area contributed by atoms with Crippen molar-refractivity contribution in [2.75, 3.05) is 6.61 Å². The van der Waals surface area contributed by atoms with Gasteiger partial charge < -0.3 is 4.74 Å². The van der Waals surface area contributed by atoms with Crippen LogP contribution in [0.1, 0.15) is 26.3 Å². The number of carbonyl (C=O) groups is 1. The van der Waals surface area contributed by atoms with E-state index in [1.165, 1.54) is 0 Å². The van der Waals surface area contributed by atoms with Gasteiger partial charge in [0, 0.05) is 15.5 Å². The molecule has 2 nitrogen and oxygen atoms in total. The van der Waals surface area contributed by atoms with Crippen LogP contribution in [0.3, 0.4) is 0 Å². The highest BCUT2D eigenvalue weighted by Crippen LogP contribution is 2.37. The summed E-state index contributed by atoms with van der Waals surface area (Å²) < 4.78 is 6.86. The number of rotatable bonds is 2. The van der Waals surface area contributed by atoms with Crippen molar-refractivity contribution in [3.63, 3.8) is 0 Å². The van der Waals surface area contributed by atoms with Crippen molar-refractivity contribution in [1.82, 2.24) is 0 Å². The first-order valence-corrected chi connectivity index (χ1v) is 7.01. The Morgan fingerprint density at radius 3 is 2.84 bits per heavy atom. The highest BCUT2D eigenvalue weighted by molar-refractivity contribution is 9.10. The fourth-order valence-electron chi connectivity index (χ4n) is 2.00. The summed E-state index contributed by atoms with van der Waals surface area (Å²) in [6, 6.07) is 5.94. The maximum absolute atomic E-state index is 11.2. The molecule has 0 radical (unpaired) electrons. The molecule has 0 fully saturated rings. The summed E-state index contributed by atoms with van der Waals surface area (Å²) in [4.78, 5) is 11.2. The number of carbonyl (C=O) groups excluding carboxylic acids is 1. The third kappa shape index (κ3) is 3.57. The largest absolute Gasteiger partial charge is 0.492 e. The molecule has 1 aliphatic heterocycles. The Labute approximate surface area is 122 Å². The van der Waals surface area contributed by atoms with Crippen molar-refractivity contribution < 1.29 is 9.53 Å². The molecule has 0 aromatic heterocycles. The zero-order chi connectivity index (χ0) is 14.0. The predicted octanol–water partition coefficient (Wildman–Crippen LogP) is 4.40. The molecule has 1 heterocycles. The lowest BCUT2D eigenvalue weighted by molar-refractivity contribution is -0.112. The Hall–Kier alpha value is -1.35. The highest BCUT2D eigenvalue weighted by Gasteiger charge is 2.22. The molecular formula is C16H17BrO2. The zero-order valence-electron chi connectivity index (χ0n) is 11.4. The second-order valence-electron chi connectivity index (χ2n) is 5.46. The number of allylic oxidation sites excluding steroid dienone is 3. The van der Waals surface area contributed by atoms with Crippen molar-refractivity contribution in [3.8, 4) is 5.75 Å². The first-order valence-electron chi connectivity index (χ1n) is 6.22. The van der Waals surface area contributed by atoms with Gasteiger partial charge in [-0.05, 0) is 36.8 Å². The van der Waals surface area contributed by atoms with Gasteiger partial charge >= 0.3 is 0 Å². The maximum atomic E-state index is 11.2. The van der Waals surface area contributed by atoms with E-state index in [9.17, 15) is 4.79 Å². The Bertz CT molecular complexity index is 568. The van der Waals surface area contributed by atoms with Crippen molar-refractivity contribution >= 4 is 27.3 Å². The number of halogens is 1. The number of hydrogen-bond donors (Lipinski definition) is 0. The molecule has 0 N–H and O–H groups in total. The van der Waals surface area contributed by atoms with Crippen LogP contribution in [0, 0.1) is 5.41 Å². The predicted molar refractivity (Wildman–Crippen MR) is 81.2 cm³/mol. The van der Waals surface area contributed by atoms with E-state index in [1.807, 2.05) is 24.3 Å². The number of hydrogen-bond acceptors (Lipinski definition) is 2. The fraction of sp³-hybridized carbons (Fsp3) is 0.312. The normalized spacial score (nSPS) is 17.4. The molecule has 0 saturated carbocycles. The van der Waals surface area contributed by atoms with Crippen LogP contribution in [0.15, 0.2) is 40.9 Å². The average molecular weight is 321 g/mol. The summed E-state index contributed by atoms with van der Waals surface area (Å²) >= 11 is 3.48. The van der Waals surface area contributed by atoms with E-state index in [-0.39, 0.29) is 11.2 Å². The minimum Gasteiger partial charge on any atom is -0.492 e. The molecule has 0 atom stereocenters. The molecule has 0 aliphatic carbocycles. The Morgan fingerprint density at radius 2 is 2.16 bits per heavy atom. The lowest BCUT2D eigenvalue weighted by Crippen LogP contribution is -2.17. The molecule has 1 aromatic rings. The number of ether oxygens (including phenoxy) is 1. The summed E-state index contributed by atoms with van der Waals surface area (Å²) in [7, 11) is 0. The van der Waals surface area contributed by atoms with E-state index in [0.29, 0.717) is 6.61 Å². The molecule has 0 unspecified atom stereocenters. The van der Waals surface area contributed by atoms with Crippen LogP contribution in [0.25, 0.3) is 5.57 Å². The second-order valence-corrected chi connectivity index (χ2v) is 6.38. The molecule has 2 rings (SSSR count). The average Bonchev–Trinajstić information content (AvgIpc) is 2.44. The fourth-order valence-corrected chi connectivity index (χ4v) is 2.36. The molecule has 0 bridgehead atoms. The van der Waals surface area contributed by atoms with Gasteiger partial charge in [-0.15, -0.1) is 0 Å². The van der Waals surface area contributed by atoms with Crippen molar-refractivity contribution in [3.05, 3.63) is 46.5 Å². The number of fused-ring (bicyclic) bond motifs is 1. The van der Waals surface area contributed by atoms with E-state index in [2.05, 4.69) is 35.9 Å². The van der Waals surface area contributed by atoms with Gasteiger partial charge in [0.15, 0.2) is 5.78 Å². The molecule has 0 amide bonds. The van der Waals surface area contributed by atoms with E-state index >= 15 is 0 Å². The van der Waals surface area contributed by atoms with Gasteiger partial charge in [0.1, 0.15) is 5.75 Å². The van der Waals surface area contributed by atoms with E-state index < -0.39 is 0 Å². The molecule has 100 valence electrons. The SMILES string of the molecule is CC(=O)C=CC1=CC(C)(C)COc2ccc(Br)cc21. The van der Waals surface area contributed by atoms with E-state index in [0.717, 1.165) is 21.4 Å². The van der Waals surface area contributed by atoms with Crippen molar-refractivity contribution in [1.29, 1.82) is 0 Å². The Kier molecular flexibility index (Phi) is 3.95. The van der Waals surface area contributed by atoms with Gasteiger partial charge in [0.25, 0.3) is 0 Å². The Morgan fingerprint density at radius 1 is 1.42 bits per heavy atom. The monoisotopic (exact) mass is 320 g/mol. The van der Waals surface area contributed by atoms with Gasteiger partial charge in [-0.25, -0.2) is 0 Å². The third-order valence-electron chi connectivity index (χ3n) is 2.90. The smallest absolute Gasteiger partial charge is 0.152 e. The molecule has 1 aromatic carbocycles. The summed E-state index contributed by atoms with van der Waals surface area (Å²) in [6.45, 7) is 6.42. The van der Waals surface area contributed by atoms with Crippen LogP contribution >= 0.6 is 15.9 Å². The molecule has 3 heteroatoms. The Balaban J connectivity index is 2.54. The van der Waals surface area contributed by atoms with Gasteiger partial charge in [-0.1, -0.05) is 41.9 Å². The van der Waals surface area contributed by atoms with Crippen molar-refractivity contribution in [2.45, 2.75) is 20.8 Å². The number of benzene rings is 1. The van der Waals surface area contributed by atoms with E-state index in [1.54, 1.807) is 13.0 Å². The summed E-state index contributed by atoms with van der Waals surface area (Å²) in [5.41, 5.74) is 1.97. The zero-order valence-corrected chi connectivity index (χ0v) is 13.0. The first kappa shape index (κ1) is 14.1. The number of ketones is 1. The van der Waals surface area contributed by atoms with Crippen LogP contribution in [-0.4, -0.2) is 12.4 Å². The highest BCUT2D eigenvalue weighted by atomic mass is 79.9. The molecule has 1 aliphatic rings. The van der Waals surface area contributed by atoms with Gasteiger partial charge in [-0.3, -0.25) is 4.79 Å². The summed E-state index contributed by atoms with van der Waals surface area (Å²) in [5, 5.41) is 0. The minimum atomic E-state index is -0.0675. The van der Waals surface area contributed by atoms with Gasteiger partial charge in [0.2, 0.25) is 0 Å². The lowest BCUT2D eigenvalue weighted by Gasteiger charge is -2.18.